The summed E-state index contributed by atoms with van der Waals surface area (Å²) in [7, 11) is 3.31. The SMILES string of the molecule is COc1cc(C)c(CN[C@@H]2CCC[C@@H](C(=O)NC(C)C)C2)cc1OC. The molecule has 2 atom stereocenters. The molecular weight excluding hydrogens is 316 g/mol. The molecule has 2 N–H and O–H groups in total. The van der Waals surface area contributed by atoms with Crippen molar-refractivity contribution in [2.45, 2.75) is 65.1 Å². The Morgan fingerprint density at radius 1 is 1.20 bits per heavy atom. The number of rotatable bonds is 7. The number of nitrogens with one attached hydrogen (secondary N) is 2. The number of methoxy groups -OCH3 is 2. The van der Waals surface area contributed by atoms with Gasteiger partial charge in [0.15, 0.2) is 11.5 Å². The van der Waals surface area contributed by atoms with E-state index >= 15 is 0 Å². The lowest BCUT2D eigenvalue weighted by molar-refractivity contribution is -0.126. The van der Waals surface area contributed by atoms with E-state index in [0.29, 0.717) is 6.04 Å². The van der Waals surface area contributed by atoms with Crippen LogP contribution >= 0.6 is 0 Å². The van der Waals surface area contributed by atoms with Crippen molar-refractivity contribution in [1.82, 2.24) is 10.6 Å². The summed E-state index contributed by atoms with van der Waals surface area (Å²) in [6.45, 7) is 6.88. The Balaban J connectivity index is 1.95. The average Bonchev–Trinajstić information content (AvgIpc) is 2.60. The van der Waals surface area contributed by atoms with Crippen LogP contribution in [-0.4, -0.2) is 32.2 Å². The molecule has 1 aliphatic rings. The maximum Gasteiger partial charge on any atom is 0.223 e. The van der Waals surface area contributed by atoms with Gasteiger partial charge in [0, 0.05) is 24.5 Å². The van der Waals surface area contributed by atoms with Crippen molar-refractivity contribution in [2.75, 3.05) is 14.2 Å². The van der Waals surface area contributed by atoms with Gasteiger partial charge in [-0.15, -0.1) is 0 Å². The molecule has 1 saturated carbocycles. The largest absolute Gasteiger partial charge is 0.493 e. The van der Waals surface area contributed by atoms with Crippen molar-refractivity contribution in [3.8, 4) is 11.5 Å². The van der Waals surface area contributed by atoms with Gasteiger partial charge in [0.05, 0.1) is 14.2 Å². The number of aryl methyl sites for hydroxylation is 1. The molecule has 0 aliphatic heterocycles. The van der Waals surface area contributed by atoms with Gasteiger partial charge in [0.2, 0.25) is 5.91 Å². The van der Waals surface area contributed by atoms with E-state index in [1.165, 1.54) is 11.1 Å². The topological polar surface area (TPSA) is 59.6 Å². The van der Waals surface area contributed by atoms with Crippen molar-refractivity contribution in [1.29, 1.82) is 0 Å². The van der Waals surface area contributed by atoms with Crippen molar-refractivity contribution >= 4 is 5.91 Å². The fourth-order valence-corrected chi connectivity index (χ4v) is 3.48. The molecule has 1 aliphatic carbocycles. The third-order valence-corrected chi connectivity index (χ3v) is 4.90. The van der Waals surface area contributed by atoms with Crippen LogP contribution in [-0.2, 0) is 11.3 Å². The molecule has 0 bridgehead atoms. The fourth-order valence-electron chi connectivity index (χ4n) is 3.48. The summed E-state index contributed by atoms with van der Waals surface area (Å²) >= 11 is 0. The molecule has 0 heterocycles. The van der Waals surface area contributed by atoms with Gasteiger partial charge in [0.25, 0.3) is 0 Å². The number of carbonyl (C=O) groups is 1. The second-order valence-corrected chi connectivity index (χ2v) is 7.24. The summed E-state index contributed by atoms with van der Waals surface area (Å²) < 4.78 is 10.8. The van der Waals surface area contributed by atoms with Gasteiger partial charge >= 0.3 is 0 Å². The van der Waals surface area contributed by atoms with Crippen LogP contribution in [0, 0.1) is 12.8 Å². The van der Waals surface area contributed by atoms with Crippen LogP contribution in [0.15, 0.2) is 12.1 Å². The van der Waals surface area contributed by atoms with Gasteiger partial charge < -0.3 is 20.1 Å². The fraction of sp³-hybridized carbons (Fsp3) is 0.650. The Hall–Kier alpha value is -1.75. The Kier molecular flexibility index (Phi) is 7.12. The lowest BCUT2D eigenvalue weighted by Gasteiger charge is -2.30. The van der Waals surface area contributed by atoms with E-state index in [1.54, 1.807) is 14.2 Å². The molecule has 1 aromatic carbocycles. The molecule has 1 amide bonds. The minimum atomic E-state index is 0.125. The quantitative estimate of drug-likeness (QED) is 0.794. The standard InChI is InChI=1S/C20H32N2O3/c1-13(2)22-20(23)15-7-6-8-17(10-15)21-12-16-11-19(25-5)18(24-4)9-14(16)3/h9,11,13,15,17,21H,6-8,10,12H2,1-5H3,(H,22,23)/t15-,17-/m1/s1. The molecule has 0 unspecified atom stereocenters. The minimum Gasteiger partial charge on any atom is -0.493 e. The predicted molar refractivity (Wildman–Crippen MR) is 100 cm³/mol. The summed E-state index contributed by atoms with van der Waals surface area (Å²) in [4.78, 5) is 12.3. The van der Waals surface area contributed by atoms with Crippen LogP contribution < -0.4 is 20.1 Å². The summed E-state index contributed by atoms with van der Waals surface area (Å²) in [5.74, 6) is 1.83. The third kappa shape index (κ3) is 5.36. The molecule has 0 spiro atoms. The second kappa shape index (κ2) is 9.09. The highest BCUT2D eigenvalue weighted by Crippen LogP contribution is 2.31. The maximum atomic E-state index is 12.3. The van der Waals surface area contributed by atoms with Gasteiger partial charge in [0.1, 0.15) is 0 Å². The average molecular weight is 348 g/mol. The Morgan fingerprint density at radius 2 is 1.88 bits per heavy atom. The first kappa shape index (κ1) is 19.6. The lowest BCUT2D eigenvalue weighted by atomic mass is 9.85. The molecule has 140 valence electrons. The number of hydrogen-bond donors (Lipinski definition) is 2. The van der Waals surface area contributed by atoms with E-state index in [0.717, 1.165) is 43.7 Å². The van der Waals surface area contributed by atoms with E-state index in [4.69, 9.17) is 9.47 Å². The second-order valence-electron chi connectivity index (χ2n) is 7.24. The highest BCUT2D eigenvalue weighted by molar-refractivity contribution is 5.79. The normalized spacial score (nSPS) is 20.4. The van der Waals surface area contributed by atoms with Gasteiger partial charge in [-0.1, -0.05) is 6.42 Å². The van der Waals surface area contributed by atoms with Crippen LogP contribution in [0.2, 0.25) is 0 Å². The summed E-state index contributed by atoms with van der Waals surface area (Å²) in [5, 5.41) is 6.68. The Labute approximate surface area is 151 Å². The van der Waals surface area contributed by atoms with Gasteiger partial charge in [-0.05, 0) is 63.3 Å². The first-order chi connectivity index (χ1) is 11.9. The zero-order valence-electron chi connectivity index (χ0n) is 16.1. The first-order valence-corrected chi connectivity index (χ1v) is 9.19. The van der Waals surface area contributed by atoms with Crippen molar-refractivity contribution < 1.29 is 14.3 Å². The predicted octanol–water partition coefficient (Wildman–Crippen LogP) is 3.19. The molecule has 1 aromatic rings. The molecule has 1 fully saturated rings. The summed E-state index contributed by atoms with van der Waals surface area (Å²) in [6.07, 6.45) is 4.12. The van der Waals surface area contributed by atoms with Crippen LogP contribution in [0.5, 0.6) is 11.5 Å². The van der Waals surface area contributed by atoms with Crippen molar-refractivity contribution in [3.05, 3.63) is 23.3 Å². The zero-order valence-corrected chi connectivity index (χ0v) is 16.1. The zero-order chi connectivity index (χ0) is 18.4. The Bertz CT molecular complexity index is 587. The number of carbonyl (C=O) groups excluding carboxylic acids is 1. The smallest absolute Gasteiger partial charge is 0.223 e. The van der Waals surface area contributed by atoms with Crippen LogP contribution in [0.3, 0.4) is 0 Å². The molecule has 2 rings (SSSR count). The van der Waals surface area contributed by atoms with E-state index in [9.17, 15) is 4.79 Å². The molecule has 0 saturated heterocycles. The monoisotopic (exact) mass is 348 g/mol. The molecule has 5 nitrogen and oxygen atoms in total. The van der Waals surface area contributed by atoms with E-state index < -0.39 is 0 Å². The van der Waals surface area contributed by atoms with Crippen molar-refractivity contribution in [3.63, 3.8) is 0 Å². The molecule has 25 heavy (non-hydrogen) atoms. The van der Waals surface area contributed by atoms with E-state index in [2.05, 4.69) is 17.6 Å². The Morgan fingerprint density at radius 3 is 2.52 bits per heavy atom. The van der Waals surface area contributed by atoms with Gasteiger partial charge in [-0.3, -0.25) is 4.79 Å². The van der Waals surface area contributed by atoms with Crippen LogP contribution in [0.4, 0.5) is 0 Å². The number of amides is 1. The number of hydrogen-bond acceptors (Lipinski definition) is 4. The minimum absolute atomic E-state index is 0.125. The third-order valence-electron chi connectivity index (χ3n) is 4.90. The highest BCUT2D eigenvalue weighted by atomic mass is 16.5. The lowest BCUT2D eigenvalue weighted by Crippen LogP contribution is -2.42. The molecule has 0 radical (unpaired) electrons. The van der Waals surface area contributed by atoms with E-state index in [1.807, 2.05) is 26.0 Å². The van der Waals surface area contributed by atoms with Crippen LogP contribution in [0.25, 0.3) is 0 Å². The van der Waals surface area contributed by atoms with Gasteiger partial charge in [-0.2, -0.15) is 0 Å². The van der Waals surface area contributed by atoms with Crippen LogP contribution in [0.1, 0.15) is 50.7 Å². The van der Waals surface area contributed by atoms with Gasteiger partial charge in [-0.25, -0.2) is 0 Å². The number of benzene rings is 1. The highest BCUT2D eigenvalue weighted by Gasteiger charge is 2.27. The molecule has 5 heteroatoms. The summed E-state index contributed by atoms with van der Waals surface area (Å²) in [6, 6.07) is 4.63. The number of ether oxygens (including phenoxy) is 2. The molecular formula is C20H32N2O3. The molecule has 0 aromatic heterocycles. The summed E-state index contributed by atoms with van der Waals surface area (Å²) in [5.41, 5.74) is 2.38. The van der Waals surface area contributed by atoms with E-state index in [-0.39, 0.29) is 17.9 Å². The first-order valence-electron chi connectivity index (χ1n) is 9.19. The maximum absolute atomic E-state index is 12.3. The van der Waals surface area contributed by atoms with Crippen molar-refractivity contribution in [2.24, 2.45) is 5.92 Å².